The summed E-state index contributed by atoms with van der Waals surface area (Å²) in [6, 6.07) is 4.69. The molecular formula is C17H25FN4O6S2. The SMILES string of the molecule is O=C(NCCS(=O)(=O)N1CCOCC1)N1CCN(S(=O)(=O)c2ccccc2F)CC1. The zero-order valence-electron chi connectivity index (χ0n) is 16.4. The van der Waals surface area contributed by atoms with Gasteiger partial charge in [0, 0.05) is 45.8 Å². The molecule has 30 heavy (non-hydrogen) atoms. The molecule has 2 amide bonds. The number of nitrogens with zero attached hydrogens (tertiary/aromatic N) is 3. The molecule has 2 heterocycles. The third kappa shape index (κ3) is 5.27. The highest BCUT2D eigenvalue weighted by atomic mass is 32.2. The number of morpholine rings is 1. The quantitative estimate of drug-likeness (QED) is 0.607. The van der Waals surface area contributed by atoms with Crippen molar-refractivity contribution in [3.63, 3.8) is 0 Å². The lowest BCUT2D eigenvalue weighted by molar-refractivity contribution is 0.0730. The molecule has 1 aromatic rings. The topological polar surface area (TPSA) is 116 Å². The summed E-state index contributed by atoms with van der Waals surface area (Å²) >= 11 is 0. The van der Waals surface area contributed by atoms with Gasteiger partial charge in [-0.25, -0.2) is 26.0 Å². The maximum absolute atomic E-state index is 13.9. The van der Waals surface area contributed by atoms with Crippen molar-refractivity contribution in [3.8, 4) is 0 Å². The molecule has 0 spiro atoms. The first-order chi connectivity index (χ1) is 14.2. The fourth-order valence-corrected chi connectivity index (χ4v) is 6.09. The van der Waals surface area contributed by atoms with E-state index in [4.69, 9.17) is 4.74 Å². The molecule has 0 saturated carbocycles. The van der Waals surface area contributed by atoms with Crippen molar-refractivity contribution in [2.45, 2.75) is 4.90 Å². The summed E-state index contributed by atoms with van der Waals surface area (Å²) < 4.78 is 71.2. The van der Waals surface area contributed by atoms with Gasteiger partial charge in [0.25, 0.3) is 0 Å². The second-order valence-corrected chi connectivity index (χ2v) is 10.9. The first kappa shape index (κ1) is 22.9. The van der Waals surface area contributed by atoms with E-state index in [9.17, 15) is 26.0 Å². The van der Waals surface area contributed by atoms with E-state index in [-0.39, 0.29) is 38.5 Å². The molecular weight excluding hydrogens is 439 g/mol. The average Bonchev–Trinajstić information content (AvgIpc) is 2.74. The van der Waals surface area contributed by atoms with Gasteiger partial charge < -0.3 is 15.0 Å². The second-order valence-electron chi connectivity index (χ2n) is 6.88. The minimum atomic E-state index is -3.99. The number of hydrogen-bond acceptors (Lipinski definition) is 6. The van der Waals surface area contributed by atoms with E-state index in [0.29, 0.717) is 26.3 Å². The van der Waals surface area contributed by atoms with Crippen LogP contribution >= 0.6 is 0 Å². The smallest absolute Gasteiger partial charge is 0.317 e. The van der Waals surface area contributed by atoms with E-state index >= 15 is 0 Å². The Balaban J connectivity index is 1.48. The van der Waals surface area contributed by atoms with Crippen LogP contribution in [0.3, 0.4) is 0 Å². The molecule has 2 saturated heterocycles. The first-order valence-corrected chi connectivity index (χ1v) is 12.6. The van der Waals surface area contributed by atoms with E-state index < -0.39 is 36.8 Å². The fraction of sp³-hybridized carbons (Fsp3) is 0.588. The lowest BCUT2D eigenvalue weighted by Crippen LogP contribution is -2.53. The van der Waals surface area contributed by atoms with E-state index in [1.165, 1.54) is 27.4 Å². The van der Waals surface area contributed by atoms with Crippen LogP contribution in [0.1, 0.15) is 0 Å². The average molecular weight is 465 g/mol. The normalized spacial score (nSPS) is 19.6. The van der Waals surface area contributed by atoms with Gasteiger partial charge in [-0.1, -0.05) is 12.1 Å². The number of sulfonamides is 2. The van der Waals surface area contributed by atoms with Gasteiger partial charge >= 0.3 is 6.03 Å². The van der Waals surface area contributed by atoms with Crippen LogP contribution in [-0.2, 0) is 24.8 Å². The number of nitrogens with one attached hydrogen (secondary N) is 1. The number of amides is 2. The van der Waals surface area contributed by atoms with E-state index in [2.05, 4.69) is 5.32 Å². The van der Waals surface area contributed by atoms with Crippen LogP contribution in [0, 0.1) is 5.82 Å². The standard InChI is InChI=1S/C17H25FN4O6S2/c18-15-3-1-2-4-16(15)30(26,27)22-8-6-20(7-9-22)17(23)19-5-14-29(24,25)21-10-12-28-13-11-21/h1-4H,5-14H2,(H,19,23). The van der Waals surface area contributed by atoms with Gasteiger partial charge in [0.15, 0.2) is 0 Å². The number of urea groups is 1. The van der Waals surface area contributed by atoms with Gasteiger partial charge in [0.1, 0.15) is 10.7 Å². The number of rotatable bonds is 6. The number of halogens is 1. The Bertz CT molecular complexity index is 958. The Labute approximate surface area is 175 Å². The van der Waals surface area contributed by atoms with Crippen molar-refractivity contribution < 1.29 is 30.8 Å². The van der Waals surface area contributed by atoms with Gasteiger partial charge in [0.2, 0.25) is 20.0 Å². The van der Waals surface area contributed by atoms with Crippen molar-refractivity contribution >= 4 is 26.1 Å². The van der Waals surface area contributed by atoms with Crippen LogP contribution in [0.5, 0.6) is 0 Å². The summed E-state index contributed by atoms with van der Waals surface area (Å²) in [5, 5.41) is 2.56. The number of benzene rings is 1. The molecule has 0 aromatic heterocycles. The largest absolute Gasteiger partial charge is 0.379 e. The summed E-state index contributed by atoms with van der Waals surface area (Å²) in [5.74, 6) is -1.04. The highest BCUT2D eigenvalue weighted by molar-refractivity contribution is 7.89. The number of ether oxygens (including phenoxy) is 1. The van der Waals surface area contributed by atoms with Gasteiger partial charge in [-0.15, -0.1) is 0 Å². The van der Waals surface area contributed by atoms with Crippen LogP contribution in [0.25, 0.3) is 0 Å². The fourth-order valence-electron chi connectivity index (χ4n) is 3.28. The zero-order valence-corrected chi connectivity index (χ0v) is 18.0. The zero-order chi connectivity index (χ0) is 21.8. The van der Waals surface area contributed by atoms with E-state index in [0.717, 1.165) is 10.4 Å². The Morgan fingerprint density at radius 1 is 0.967 bits per heavy atom. The van der Waals surface area contributed by atoms with Crippen LogP contribution in [0.2, 0.25) is 0 Å². The second kappa shape index (κ2) is 9.56. The summed E-state index contributed by atoms with van der Waals surface area (Å²) in [6.45, 7) is 1.55. The van der Waals surface area contributed by atoms with Crippen LogP contribution < -0.4 is 5.32 Å². The minimum absolute atomic E-state index is 0.0240. The molecule has 0 atom stereocenters. The van der Waals surface area contributed by atoms with Gasteiger partial charge in [-0.2, -0.15) is 8.61 Å². The van der Waals surface area contributed by atoms with Crippen molar-refractivity contribution in [2.24, 2.45) is 0 Å². The van der Waals surface area contributed by atoms with Crippen LogP contribution in [0.4, 0.5) is 9.18 Å². The van der Waals surface area contributed by atoms with Gasteiger partial charge in [-0.3, -0.25) is 0 Å². The van der Waals surface area contributed by atoms with Crippen molar-refractivity contribution in [2.75, 3.05) is 64.8 Å². The molecule has 13 heteroatoms. The Morgan fingerprint density at radius 3 is 2.23 bits per heavy atom. The summed E-state index contributed by atoms with van der Waals surface area (Å²) in [4.78, 5) is 13.3. The van der Waals surface area contributed by atoms with Crippen LogP contribution in [-0.4, -0.2) is 101 Å². The predicted molar refractivity (Wildman–Crippen MR) is 106 cm³/mol. The molecule has 0 aliphatic carbocycles. The van der Waals surface area contributed by atoms with Crippen molar-refractivity contribution in [1.29, 1.82) is 0 Å². The van der Waals surface area contributed by atoms with Crippen molar-refractivity contribution in [3.05, 3.63) is 30.1 Å². The number of piperazine rings is 1. The van der Waals surface area contributed by atoms with Crippen LogP contribution in [0.15, 0.2) is 29.2 Å². The minimum Gasteiger partial charge on any atom is -0.379 e. The van der Waals surface area contributed by atoms with Crippen molar-refractivity contribution in [1.82, 2.24) is 18.8 Å². The highest BCUT2D eigenvalue weighted by Gasteiger charge is 2.32. The molecule has 2 fully saturated rings. The highest BCUT2D eigenvalue weighted by Crippen LogP contribution is 2.20. The summed E-state index contributed by atoms with van der Waals surface area (Å²) in [5.41, 5.74) is 0. The summed E-state index contributed by atoms with van der Waals surface area (Å²) in [6.07, 6.45) is 0. The maximum atomic E-state index is 13.9. The molecule has 2 aliphatic rings. The van der Waals surface area contributed by atoms with Gasteiger partial charge in [-0.05, 0) is 12.1 Å². The third-order valence-electron chi connectivity index (χ3n) is 4.98. The summed E-state index contributed by atoms with van der Waals surface area (Å²) in [7, 11) is -7.46. The molecule has 0 bridgehead atoms. The molecule has 0 radical (unpaired) electrons. The maximum Gasteiger partial charge on any atom is 0.317 e. The Hall–Kier alpha value is -1.80. The predicted octanol–water partition coefficient (Wildman–Crippen LogP) is -0.496. The van der Waals surface area contributed by atoms with E-state index in [1.54, 1.807) is 0 Å². The lowest BCUT2D eigenvalue weighted by Gasteiger charge is -2.34. The molecule has 168 valence electrons. The molecule has 1 aromatic carbocycles. The molecule has 0 unspecified atom stereocenters. The number of carbonyl (C=O) groups excluding carboxylic acids is 1. The third-order valence-corrected chi connectivity index (χ3v) is 8.78. The molecule has 10 nitrogen and oxygen atoms in total. The Kier molecular flexibility index (Phi) is 7.29. The van der Waals surface area contributed by atoms with E-state index in [1.807, 2.05) is 0 Å². The lowest BCUT2D eigenvalue weighted by atomic mass is 10.3. The molecule has 3 rings (SSSR count). The molecule has 1 N–H and O–H groups in total. The van der Waals surface area contributed by atoms with Gasteiger partial charge in [0.05, 0.1) is 19.0 Å². The number of hydrogen-bond donors (Lipinski definition) is 1. The number of carbonyl (C=O) groups is 1. The monoisotopic (exact) mass is 464 g/mol. The molecule has 2 aliphatic heterocycles. The Morgan fingerprint density at radius 2 is 1.60 bits per heavy atom. The first-order valence-electron chi connectivity index (χ1n) is 9.55.